The molecule has 3 rings (SSSR count). The normalized spacial score (nSPS) is 13.7. The SMILES string of the molecule is F[P-](F)(F)(F)(F)F.Oc1ccc(-c2ccc([SH+]c3ccccc3)cc2)cc1. The second-order valence-corrected chi connectivity index (χ2v) is 8.67. The number of hydrogen-bond donors (Lipinski definition) is 1. The number of thiol groups is 1. The van der Waals surface area contributed by atoms with E-state index in [1.165, 1.54) is 21.6 Å². The van der Waals surface area contributed by atoms with Crippen LogP contribution < -0.4 is 0 Å². The van der Waals surface area contributed by atoms with Gasteiger partial charge in [0.2, 0.25) is 0 Å². The van der Waals surface area contributed by atoms with E-state index in [2.05, 4.69) is 48.5 Å². The van der Waals surface area contributed by atoms with Crippen LogP contribution in [0.4, 0.5) is 25.2 Å². The van der Waals surface area contributed by atoms with Crippen LogP contribution in [0.15, 0.2) is 88.7 Å². The molecular formula is C18H15F6OPS. The summed E-state index contributed by atoms with van der Waals surface area (Å²) in [5.41, 5.74) is 2.28. The molecule has 0 saturated heterocycles. The van der Waals surface area contributed by atoms with Gasteiger partial charge in [-0.3, -0.25) is 0 Å². The van der Waals surface area contributed by atoms with E-state index < -0.39 is 7.81 Å². The summed E-state index contributed by atoms with van der Waals surface area (Å²) in [6, 6.07) is 26.3. The molecule has 0 unspecified atom stereocenters. The van der Waals surface area contributed by atoms with Gasteiger partial charge >= 0.3 is 33.0 Å². The van der Waals surface area contributed by atoms with Crippen LogP contribution in [0.25, 0.3) is 11.1 Å². The van der Waals surface area contributed by atoms with Crippen molar-refractivity contribution in [1.29, 1.82) is 0 Å². The Morgan fingerprint density at radius 3 is 1.37 bits per heavy atom. The van der Waals surface area contributed by atoms with Crippen LogP contribution in [0, 0.1) is 0 Å². The topological polar surface area (TPSA) is 20.2 Å². The fourth-order valence-corrected chi connectivity index (χ4v) is 2.95. The second-order valence-electron chi connectivity index (χ2n) is 5.50. The molecule has 1 nitrogen and oxygen atoms in total. The van der Waals surface area contributed by atoms with Crippen LogP contribution in [0.1, 0.15) is 0 Å². The zero-order chi connectivity index (χ0) is 20.2. The molecule has 3 aromatic rings. The van der Waals surface area contributed by atoms with Gasteiger partial charge in [0.05, 0.1) is 0 Å². The Balaban J connectivity index is 0.000000321. The van der Waals surface area contributed by atoms with Crippen LogP contribution >= 0.6 is 7.81 Å². The number of aromatic hydroxyl groups is 1. The van der Waals surface area contributed by atoms with E-state index in [1.807, 2.05) is 18.2 Å². The molecule has 0 amide bonds. The van der Waals surface area contributed by atoms with Crippen molar-refractivity contribution in [3.8, 4) is 16.9 Å². The number of phenolic OH excluding ortho intramolecular Hbond substituents is 1. The predicted octanol–water partition coefficient (Wildman–Crippen LogP) is 7.67. The molecule has 0 spiro atoms. The number of hydrogen-bond acceptors (Lipinski definition) is 1. The molecule has 9 heteroatoms. The third kappa shape index (κ3) is 9.92. The average Bonchev–Trinajstić information content (AvgIpc) is 2.55. The van der Waals surface area contributed by atoms with Gasteiger partial charge in [-0.25, -0.2) is 0 Å². The Morgan fingerprint density at radius 2 is 0.926 bits per heavy atom. The Kier molecular flexibility index (Phi) is 5.55. The Morgan fingerprint density at radius 1 is 0.556 bits per heavy atom. The smallest absolute Gasteiger partial charge is 0.158 e. The predicted molar refractivity (Wildman–Crippen MR) is 98.8 cm³/mol. The van der Waals surface area contributed by atoms with Gasteiger partial charge in [-0.15, -0.1) is 0 Å². The minimum Gasteiger partial charge on any atom is -0.508 e. The van der Waals surface area contributed by atoms with E-state index in [-0.39, 0.29) is 0 Å². The fraction of sp³-hybridized carbons (Fsp3) is 0. The van der Waals surface area contributed by atoms with E-state index in [1.54, 1.807) is 12.1 Å². The van der Waals surface area contributed by atoms with Gasteiger partial charge in [-0.05, 0) is 59.7 Å². The first-order valence-electron chi connectivity index (χ1n) is 7.49. The quantitative estimate of drug-likeness (QED) is 0.198. The molecule has 146 valence electrons. The van der Waals surface area contributed by atoms with Gasteiger partial charge in [0.1, 0.15) is 5.75 Å². The van der Waals surface area contributed by atoms with Crippen LogP contribution in [-0.4, -0.2) is 5.11 Å². The Labute approximate surface area is 155 Å². The van der Waals surface area contributed by atoms with E-state index in [4.69, 9.17) is 0 Å². The number of rotatable bonds is 3. The fourth-order valence-electron chi connectivity index (χ4n) is 2.03. The van der Waals surface area contributed by atoms with E-state index >= 15 is 0 Å². The van der Waals surface area contributed by atoms with Crippen LogP contribution in [0.2, 0.25) is 0 Å². The molecule has 3 aromatic carbocycles. The minimum absolute atomic E-state index is 0.299. The van der Waals surface area contributed by atoms with E-state index in [9.17, 15) is 30.3 Å². The van der Waals surface area contributed by atoms with Crippen molar-refractivity contribution in [2.45, 2.75) is 9.79 Å². The first-order valence-corrected chi connectivity index (χ1v) is 10.4. The molecule has 0 radical (unpaired) electrons. The minimum atomic E-state index is -10.7. The molecule has 0 aliphatic rings. The summed E-state index contributed by atoms with van der Waals surface area (Å²) >= 11 is 1.22. The maximum Gasteiger partial charge on any atom is 0.158 e. The number of phenols is 1. The third-order valence-corrected chi connectivity index (χ3v) is 4.20. The monoisotopic (exact) mass is 424 g/mol. The van der Waals surface area contributed by atoms with Crippen LogP contribution in [-0.2, 0) is 11.8 Å². The molecule has 0 aliphatic heterocycles. The van der Waals surface area contributed by atoms with Crippen molar-refractivity contribution in [3.05, 3.63) is 78.9 Å². The molecular weight excluding hydrogens is 409 g/mol. The van der Waals surface area contributed by atoms with Gasteiger partial charge in [0.15, 0.2) is 9.79 Å². The van der Waals surface area contributed by atoms with Gasteiger partial charge in [0.25, 0.3) is 0 Å². The van der Waals surface area contributed by atoms with Crippen molar-refractivity contribution in [1.82, 2.24) is 0 Å². The van der Waals surface area contributed by atoms with Gasteiger partial charge < -0.3 is 5.11 Å². The number of halogens is 6. The Hall–Kier alpha value is -2.18. The zero-order valence-corrected chi connectivity index (χ0v) is 15.4. The first kappa shape index (κ1) is 21.1. The molecule has 0 heterocycles. The molecule has 0 saturated carbocycles. The first-order chi connectivity index (χ1) is 12.3. The number of benzene rings is 3. The van der Waals surface area contributed by atoms with E-state index in [0.717, 1.165) is 11.1 Å². The summed E-state index contributed by atoms with van der Waals surface area (Å²) in [4.78, 5) is 2.57. The Bertz CT molecular complexity index is 868. The molecule has 0 fully saturated rings. The van der Waals surface area contributed by atoms with E-state index in [0.29, 0.717) is 5.75 Å². The summed E-state index contributed by atoms with van der Waals surface area (Å²) in [5.74, 6) is 0.299. The molecule has 0 atom stereocenters. The standard InChI is InChI=1S/C18H14OS.F6P/c19-16-10-6-14(7-11-16)15-8-12-18(13-9-15)20-17-4-2-1-3-5-17;1-7(2,3,4,5)6/h1-13,19H;/q;-1/p+1. The molecule has 27 heavy (non-hydrogen) atoms. The van der Waals surface area contributed by atoms with Crippen LogP contribution in [0.3, 0.4) is 0 Å². The summed E-state index contributed by atoms with van der Waals surface area (Å²) < 4.78 is 59.2. The largest absolute Gasteiger partial charge is 0.508 e. The zero-order valence-electron chi connectivity index (χ0n) is 13.6. The van der Waals surface area contributed by atoms with Crippen molar-refractivity contribution in [2.24, 2.45) is 0 Å². The summed E-state index contributed by atoms with van der Waals surface area (Å²) in [6.45, 7) is 0. The molecule has 0 aliphatic carbocycles. The van der Waals surface area contributed by atoms with Crippen molar-refractivity contribution in [3.63, 3.8) is 0 Å². The van der Waals surface area contributed by atoms with Crippen LogP contribution in [0.5, 0.6) is 5.75 Å². The van der Waals surface area contributed by atoms with Crippen molar-refractivity contribution < 1.29 is 30.3 Å². The molecule has 1 N–H and O–H groups in total. The van der Waals surface area contributed by atoms with Crippen molar-refractivity contribution >= 4 is 19.6 Å². The maximum atomic E-state index is 9.87. The molecule has 0 bridgehead atoms. The summed E-state index contributed by atoms with van der Waals surface area (Å²) in [6.07, 6.45) is 0. The van der Waals surface area contributed by atoms with Gasteiger partial charge in [-0.1, -0.05) is 30.3 Å². The third-order valence-electron chi connectivity index (χ3n) is 3.08. The van der Waals surface area contributed by atoms with Crippen molar-refractivity contribution in [2.75, 3.05) is 0 Å². The maximum absolute atomic E-state index is 10.7. The summed E-state index contributed by atoms with van der Waals surface area (Å²) in [7, 11) is -10.7. The second kappa shape index (κ2) is 7.09. The van der Waals surface area contributed by atoms with Gasteiger partial charge in [-0.2, -0.15) is 0 Å². The molecule has 0 aromatic heterocycles. The summed E-state index contributed by atoms with van der Waals surface area (Å²) in [5, 5.41) is 9.31. The van der Waals surface area contributed by atoms with Gasteiger partial charge in [0, 0.05) is 11.8 Å². The average molecular weight is 424 g/mol.